The Kier molecular flexibility index (Phi) is 2.99. The molecule has 0 saturated carbocycles. The predicted molar refractivity (Wildman–Crippen MR) is 56.1 cm³/mol. The van der Waals surface area contributed by atoms with E-state index in [-0.39, 0.29) is 10.5 Å². The summed E-state index contributed by atoms with van der Waals surface area (Å²) < 4.78 is 22.7. The molecular formula is C9H11NO4S. The molecule has 0 spiro atoms. The minimum Gasteiger partial charge on any atom is -0.478 e. The normalized spacial score (nSPS) is 11.1. The summed E-state index contributed by atoms with van der Waals surface area (Å²) in [6, 6.07) is 3.92. The summed E-state index contributed by atoms with van der Waals surface area (Å²) in [5.41, 5.74) is 0.344. The lowest BCUT2D eigenvalue weighted by atomic mass is 10.2. The Morgan fingerprint density at radius 3 is 2.40 bits per heavy atom. The largest absolute Gasteiger partial charge is 0.478 e. The van der Waals surface area contributed by atoms with Crippen LogP contribution in [0.25, 0.3) is 0 Å². The van der Waals surface area contributed by atoms with Gasteiger partial charge in [-0.3, -0.25) is 0 Å². The topological polar surface area (TPSA) is 83.5 Å². The number of benzene rings is 1. The highest BCUT2D eigenvalue weighted by atomic mass is 32.2. The SMILES string of the molecule is CNc1ccc(C(=O)O)cc1S(C)(=O)=O. The van der Waals surface area contributed by atoms with E-state index in [4.69, 9.17) is 5.11 Å². The maximum atomic E-state index is 11.4. The fraction of sp³-hybridized carbons (Fsp3) is 0.222. The highest BCUT2D eigenvalue weighted by Crippen LogP contribution is 2.22. The molecule has 0 aromatic heterocycles. The molecule has 0 fully saturated rings. The Balaban J connectivity index is 3.46. The van der Waals surface area contributed by atoms with E-state index in [1.54, 1.807) is 7.05 Å². The first-order chi connectivity index (χ1) is 6.86. The van der Waals surface area contributed by atoms with Gasteiger partial charge in [-0.15, -0.1) is 0 Å². The van der Waals surface area contributed by atoms with Crippen molar-refractivity contribution in [1.82, 2.24) is 0 Å². The molecule has 0 radical (unpaired) electrons. The zero-order valence-electron chi connectivity index (χ0n) is 8.31. The molecule has 1 aromatic rings. The third-order valence-corrected chi connectivity index (χ3v) is 3.03. The van der Waals surface area contributed by atoms with Gasteiger partial charge in [0, 0.05) is 13.3 Å². The second-order valence-corrected chi connectivity index (χ2v) is 5.02. The molecule has 0 heterocycles. The summed E-state index contributed by atoms with van der Waals surface area (Å²) in [7, 11) is -1.85. The number of rotatable bonds is 3. The number of carbonyl (C=O) groups is 1. The Hall–Kier alpha value is -1.56. The number of carboxylic acids is 1. The van der Waals surface area contributed by atoms with Crippen molar-refractivity contribution in [1.29, 1.82) is 0 Å². The van der Waals surface area contributed by atoms with Gasteiger partial charge in [-0.1, -0.05) is 0 Å². The highest BCUT2D eigenvalue weighted by molar-refractivity contribution is 7.90. The lowest BCUT2D eigenvalue weighted by Crippen LogP contribution is -2.05. The number of anilines is 1. The number of nitrogens with one attached hydrogen (secondary N) is 1. The molecule has 0 unspecified atom stereocenters. The average Bonchev–Trinajstić information content (AvgIpc) is 2.15. The van der Waals surface area contributed by atoms with Gasteiger partial charge in [-0.25, -0.2) is 13.2 Å². The van der Waals surface area contributed by atoms with Crippen LogP contribution in [0.3, 0.4) is 0 Å². The fourth-order valence-corrected chi connectivity index (χ4v) is 2.08. The fourth-order valence-electron chi connectivity index (χ4n) is 1.17. The first kappa shape index (κ1) is 11.5. The van der Waals surface area contributed by atoms with Crippen LogP contribution in [0.15, 0.2) is 23.1 Å². The van der Waals surface area contributed by atoms with Crippen LogP contribution in [0.1, 0.15) is 10.4 Å². The van der Waals surface area contributed by atoms with Crippen LogP contribution in [-0.2, 0) is 9.84 Å². The maximum absolute atomic E-state index is 11.4. The van der Waals surface area contributed by atoms with Gasteiger partial charge in [0.15, 0.2) is 9.84 Å². The van der Waals surface area contributed by atoms with Crippen molar-refractivity contribution in [3.63, 3.8) is 0 Å². The van der Waals surface area contributed by atoms with Gasteiger partial charge in [-0.05, 0) is 18.2 Å². The summed E-state index contributed by atoms with van der Waals surface area (Å²) in [5, 5.41) is 11.4. The summed E-state index contributed by atoms with van der Waals surface area (Å²) in [6.07, 6.45) is 1.04. The Labute approximate surface area is 87.7 Å². The van der Waals surface area contributed by atoms with Crippen molar-refractivity contribution in [3.8, 4) is 0 Å². The standard InChI is InChI=1S/C9H11NO4S/c1-10-7-4-3-6(9(11)12)5-8(7)15(2,13)14/h3-5,10H,1-2H3,(H,11,12). The Bertz CT molecular complexity index is 493. The van der Waals surface area contributed by atoms with Gasteiger partial charge in [0.2, 0.25) is 0 Å². The summed E-state index contributed by atoms with van der Waals surface area (Å²) in [6.45, 7) is 0. The van der Waals surface area contributed by atoms with Crippen molar-refractivity contribution < 1.29 is 18.3 Å². The Morgan fingerprint density at radius 1 is 1.40 bits per heavy atom. The van der Waals surface area contributed by atoms with Gasteiger partial charge in [0.1, 0.15) is 0 Å². The minimum absolute atomic E-state index is 0.00935. The highest BCUT2D eigenvalue weighted by Gasteiger charge is 2.15. The number of sulfone groups is 1. The molecule has 0 aliphatic carbocycles. The molecular weight excluding hydrogens is 218 g/mol. The van der Waals surface area contributed by atoms with Crippen molar-refractivity contribution >= 4 is 21.5 Å². The lowest BCUT2D eigenvalue weighted by molar-refractivity contribution is 0.0696. The number of hydrogen-bond acceptors (Lipinski definition) is 4. The molecule has 6 heteroatoms. The molecule has 1 aromatic carbocycles. The van der Waals surface area contributed by atoms with Crippen molar-refractivity contribution in [3.05, 3.63) is 23.8 Å². The van der Waals surface area contributed by atoms with E-state index in [1.807, 2.05) is 0 Å². The van der Waals surface area contributed by atoms with Crippen molar-refractivity contribution in [2.45, 2.75) is 4.90 Å². The molecule has 0 amide bonds. The van der Waals surface area contributed by atoms with Crippen LogP contribution in [-0.4, -0.2) is 32.8 Å². The van der Waals surface area contributed by atoms with Gasteiger partial charge in [-0.2, -0.15) is 0 Å². The molecule has 1 rings (SSSR count). The quantitative estimate of drug-likeness (QED) is 0.802. The van der Waals surface area contributed by atoms with Crippen LogP contribution >= 0.6 is 0 Å². The second kappa shape index (κ2) is 3.90. The smallest absolute Gasteiger partial charge is 0.335 e. The van der Waals surface area contributed by atoms with Crippen LogP contribution in [0.5, 0.6) is 0 Å². The molecule has 0 bridgehead atoms. The van der Waals surface area contributed by atoms with E-state index in [0.717, 1.165) is 12.3 Å². The summed E-state index contributed by atoms with van der Waals surface area (Å²) >= 11 is 0. The predicted octanol–water partition coefficient (Wildman–Crippen LogP) is 0.830. The number of aromatic carboxylic acids is 1. The first-order valence-electron chi connectivity index (χ1n) is 4.11. The van der Waals surface area contributed by atoms with E-state index in [2.05, 4.69) is 5.32 Å². The molecule has 0 saturated heterocycles. The Morgan fingerprint density at radius 2 is 2.00 bits per heavy atom. The van der Waals surface area contributed by atoms with Crippen LogP contribution in [0, 0.1) is 0 Å². The van der Waals surface area contributed by atoms with Gasteiger partial charge in [0.25, 0.3) is 0 Å². The molecule has 0 aliphatic rings. The molecule has 82 valence electrons. The van der Waals surface area contributed by atoms with Gasteiger partial charge in [0.05, 0.1) is 16.1 Å². The summed E-state index contributed by atoms with van der Waals surface area (Å²) in [4.78, 5) is 10.7. The third kappa shape index (κ3) is 2.47. The van der Waals surface area contributed by atoms with Crippen LogP contribution in [0.4, 0.5) is 5.69 Å². The van der Waals surface area contributed by atoms with Crippen molar-refractivity contribution in [2.24, 2.45) is 0 Å². The van der Waals surface area contributed by atoms with Crippen molar-refractivity contribution in [2.75, 3.05) is 18.6 Å². The van der Waals surface area contributed by atoms with Gasteiger partial charge >= 0.3 is 5.97 Å². The lowest BCUT2D eigenvalue weighted by Gasteiger charge is -2.07. The van der Waals surface area contributed by atoms with E-state index in [1.165, 1.54) is 12.1 Å². The van der Waals surface area contributed by atoms with E-state index >= 15 is 0 Å². The zero-order chi connectivity index (χ0) is 11.6. The minimum atomic E-state index is -3.43. The average molecular weight is 229 g/mol. The zero-order valence-corrected chi connectivity index (χ0v) is 9.13. The number of hydrogen-bond donors (Lipinski definition) is 2. The van der Waals surface area contributed by atoms with Gasteiger partial charge < -0.3 is 10.4 Å². The maximum Gasteiger partial charge on any atom is 0.335 e. The second-order valence-electron chi connectivity index (χ2n) is 3.04. The molecule has 5 nitrogen and oxygen atoms in total. The monoisotopic (exact) mass is 229 g/mol. The molecule has 0 aliphatic heterocycles. The summed E-state index contributed by atoms with van der Waals surface area (Å²) in [5.74, 6) is -1.15. The van der Waals surface area contributed by atoms with Crippen LogP contribution in [0.2, 0.25) is 0 Å². The van der Waals surface area contributed by atoms with Crippen LogP contribution < -0.4 is 5.32 Å². The molecule has 2 N–H and O–H groups in total. The molecule has 15 heavy (non-hydrogen) atoms. The van der Waals surface area contributed by atoms with E-state index < -0.39 is 15.8 Å². The first-order valence-corrected chi connectivity index (χ1v) is 6.00. The molecule has 0 atom stereocenters. The van der Waals surface area contributed by atoms with E-state index in [9.17, 15) is 13.2 Å². The number of carboxylic acid groups (broad SMARTS) is 1. The van der Waals surface area contributed by atoms with E-state index in [0.29, 0.717) is 5.69 Å². The third-order valence-electron chi connectivity index (χ3n) is 1.90.